The van der Waals surface area contributed by atoms with Crippen LogP contribution >= 0.6 is 22.7 Å². The molecule has 0 amide bonds. The van der Waals surface area contributed by atoms with Gasteiger partial charge in [0.25, 0.3) is 0 Å². The van der Waals surface area contributed by atoms with Crippen molar-refractivity contribution in [2.45, 2.75) is 20.3 Å². The molecule has 2 aromatic heterocycles. The quantitative estimate of drug-likeness (QED) is 0.565. The molecule has 0 aliphatic rings. The summed E-state index contributed by atoms with van der Waals surface area (Å²) in [6.45, 7) is 4.78. The summed E-state index contributed by atoms with van der Waals surface area (Å²) in [7, 11) is 0. The molecule has 0 bridgehead atoms. The molecule has 0 atom stereocenters. The Morgan fingerprint density at radius 1 is 1.37 bits per heavy atom. The third-order valence-electron chi connectivity index (χ3n) is 3.88. The number of hydrogen-bond acceptors (Lipinski definition) is 6. The molecule has 0 radical (unpaired) electrons. The van der Waals surface area contributed by atoms with E-state index in [1.54, 1.807) is 12.1 Å². The fraction of sp³-hybridized carbons (Fsp3) is 0.250. The molecule has 3 rings (SSSR count). The summed E-state index contributed by atoms with van der Waals surface area (Å²) in [6.07, 6.45) is 0.908. The van der Waals surface area contributed by atoms with Crippen molar-refractivity contribution in [1.29, 1.82) is 5.26 Å². The molecule has 7 heteroatoms. The number of rotatable bonds is 7. The van der Waals surface area contributed by atoms with Crippen molar-refractivity contribution in [3.63, 3.8) is 0 Å². The van der Waals surface area contributed by atoms with E-state index in [0.29, 0.717) is 40.1 Å². The predicted molar refractivity (Wildman–Crippen MR) is 107 cm³/mol. The molecule has 138 valence electrons. The lowest BCUT2D eigenvalue weighted by Crippen LogP contribution is -2.02. The van der Waals surface area contributed by atoms with Gasteiger partial charge in [-0.2, -0.15) is 5.26 Å². The van der Waals surface area contributed by atoms with E-state index in [2.05, 4.69) is 24.9 Å². The summed E-state index contributed by atoms with van der Waals surface area (Å²) in [5, 5.41) is 21.4. The largest absolute Gasteiger partial charge is 0.492 e. The van der Waals surface area contributed by atoms with E-state index >= 15 is 0 Å². The fourth-order valence-electron chi connectivity index (χ4n) is 2.45. The van der Waals surface area contributed by atoms with Gasteiger partial charge in [-0.3, -0.25) is 0 Å². The average Bonchev–Trinajstić information content (AvgIpc) is 3.31. The predicted octanol–water partition coefficient (Wildman–Crippen LogP) is 5.53. The first-order chi connectivity index (χ1) is 13.0. The minimum atomic E-state index is -1.00. The lowest BCUT2D eigenvalue weighted by molar-refractivity contribution is 0.0702. The zero-order chi connectivity index (χ0) is 19.4. The first-order valence-electron chi connectivity index (χ1n) is 8.45. The Morgan fingerprint density at radius 3 is 2.81 bits per heavy atom. The van der Waals surface area contributed by atoms with Gasteiger partial charge in [-0.15, -0.1) is 22.7 Å². The number of carbonyl (C=O) groups is 1. The van der Waals surface area contributed by atoms with E-state index in [9.17, 15) is 15.2 Å². The normalized spacial score (nSPS) is 10.7. The van der Waals surface area contributed by atoms with Crippen molar-refractivity contribution < 1.29 is 14.6 Å². The second-order valence-electron chi connectivity index (χ2n) is 6.33. The zero-order valence-corrected chi connectivity index (χ0v) is 16.6. The van der Waals surface area contributed by atoms with Gasteiger partial charge in [0.1, 0.15) is 27.4 Å². The number of nitriles is 1. The number of ether oxygens (including phenoxy) is 1. The van der Waals surface area contributed by atoms with Crippen LogP contribution in [0.3, 0.4) is 0 Å². The van der Waals surface area contributed by atoms with Crippen molar-refractivity contribution in [3.05, 3.63) is 46.2 Å². The monoisotopic (exact) mass is 398 g/mol. The molecule has 27 heavy (non-hydrogen) atoms. The van der Waals surface area contributed by atoms with Crippen molar-refractivity contribution in [2.24, 2.45) is 5.92 Å². The standard InChI is InChI=1S/C20H18N2O3S2/c1-12(2)7-8-25-15-6-5-13(10-14(15)11-21)19-22-17(16-4-3-9-26-16)18(27-19)20(23)24/h3-6,9-10,12H,7-8H2,1-2H3,(H,23,24). The van der Waals surface area contributed by atoms with E-state index in [1.807, 2.05) is 23.6 Å². The van der Waals surface area contributed by atoms with Gasteiger partial charge in [0.15, 0.2) is 0 Å². The lowest BCUT2D eigenvalue weighted by Gasteiger charge is -2.10. The van der Waals surface area contributed by atoms with E-state index in [0.717, 1.165) is 22.6 Å². The van der Waals surface area contributed by atoms with Gasteiger partial charge in [-0.1, -0.05) is 19.9 Å². The number of aromatic nitrogens is 1. The van der Waals surface area contributed by atoms with Crippen LogP contribution in [0, 0.1) is 17.2 Å². The van der Waals surface area contributed by atoms with Crippen molar-refractivity contribution in [2.75, 3.05) is 6.61 Å². The number of aromatic carboxylic acids is 1. The Hall–Kier alpha value is -2.69. The highest BCUT2D eigenvalue weighted by atomic mass is 32.1. The van der Waals surface area contributed by atoms with E-state index < -0.39 is 5.97 Å². The van der Waals surface area contributed by atoms with Crippen LogP contribution in [0.1, 0.15) is 35.5 Å². The molecule has 5 nitrogen and oxygen atoms in total. The fourth-order valence-corrected chi connectivity index (χ4v) is 4.15. The molecule has 3 aromatic rings. The average molecular weight is 399 g/mol. The van der Waals surface area contributed by atoms with Crippen LogP contribution in [0.4, 0.5) is 0 Å². The van der Waals surface area contributed by atoms with Crippen molar-refractivity contribution >= 4 is 28.6 Å². The molecular weight excluding hydrogens is 380 g/mol. The molecule has 0 saturated heterocycles. The van der Waals surface area contributed by atoms with Gasteiger partial charge in [0.2, 0.25) is 0 Å². The summed E-state index contributed by atoms with van der Waals surface area (Å²) in [6, 6.07) is 11.1. The summed E-state index contributed by atoms with van der Waals surface area (Å²) in [5.41, 5.74) is 1.59. The van der Waals surface area contributed by atoms with Crippen LogP contribution in [-0.2, 0) is 0 Å². The van der Waals surface area contributed by atoms with Crippen LogP contribution in [0.25, 0.3) is 21.1 Å². The van der Waals surface area contributed by atoms with Gasteiger partial charge >= 0.3 is 5.97 Å². The Labute approximate surface area is 165 Å². The highest BCUT2D eigenvalue weighted by molar-refractivity contribution is 7.18. The third-order valence-corrected chi connectivity index (χ3v) is 5.84. The molecule has 0 fully saturated rings. The Bertz CT molecular complexity index is 985. The first kappa shape index (κ1) is 19.1. The molecule has 0 saturated carbocycles. The van der Waals surface area contributed by atoms with E-state index in [-0.39, 0.29) is 4.88 Å². The van der Waals surface area contributed by atoms with Crippen LogP contribution in [0.15, 0.2) is 35.7 Å². The SMILES string of the molecule is CC(C)CCOc1ccc(-c2nc(-c3cccs3)c(C(=O)O)s2)cc1C#N. The van der Waals surface area contributed by atoms with Gasteiger partial charge in [-0.25, -0.2) is 9.78 Å². The topological polar surface area (TPSA) is 83.2 Å². The minimum Gasteiger partial charge on any atom is -0.492 e. The molecule has 1 N–H and O–H groups in total. The molecule has 1 aromatic carbocycles. The van der Waals surface area contributed by atoms with Crippen molar-refractivity contribution in [3.8, 4) is 33.0 Å². The van der Waals surface area contributed by atoms with Gasteiger partial charge in [0, 0.05) is 5.56 Å². The van der Waals surface area contributed by atoms with Gasteiger partial charge < -0.3 is 9.84 Å². The second-order valence-corrected chi connectivity index (χ2v) is 8.28. The smallest absolute Gasteiger partial charge is 0.348 e. The van der Waals surface area contributed by atoms with E-state index in [4.69, 9.17) is 4.74 Å². The number of carboxylic acid groups (broad SMARTS) is 1. The summed E-state index contributed by atoms with van der Waals surface area (Å²) < 4.78 is 5.72. The highest BCUT2D eigenvalue weighted by Gasteiger charge is 2.21. The molecule has 0 aliphatic carbocycles. The minimum absolute atomic E-state index is 0.197. The summed E-state index contributed by atoms with van der Waals surface area (Å²) in [5.74, 6) is 0.0573. The summed E-state index contributed by atoms with van der Waals surface area (Å²) >= 11 is 2.56. The van der Waals surface area contributed by atoms with Crippen LogP contribution in [0.5, 0.6) is 5.75 Å². The Balaban J connectivity index is 1.94. The zero-order valence-electron chi connectivity index (χ0n) is 14.9. The number of benzene rings is 1. The number of thiazole rings is 1. The Morgan fingerprint density at radius 2 is 2.19 bits per heavy atom. The number of thiophene rings is 1. The molecular formula is C20H18N2O3S2. The van der Waals surface area contributed by atoms with Gasteiger partial charge in [0.05, 0.1) is 17.0 Å². The lowest BCUT2D eigenvalue weighted by atomic mass is 10.1. The molecule has 2 heterocycles. The van der Waals surface area contributed by atoms with Crippen molar-refractivity contribution in [1.82, 2.24) is 4.98 Å². The maximum Gasteiger partial charge on any atom is 0.348 e. The Kier molecular flexibility index (Phi) is 5.89. The molecule has 0 spiro atoms. The van der Waals surface area contributed by atoms with Gasteiger partial charge in [-0.05, 0) is 42.0 Å². The van der Waals surface area contributed by atoms with Crippen LogP contribution < -0.4 is 4.74 Å². The highest BCUT2D eigenvalue weighted by Crippen LogP contribution is 2.37. The summed E-state index contributed by atoms with van der Waals surface area (Å²) in [4.78, 5) is 17.2. The van der Waals surface area contributed by atoms with Crippen LogP contribution in [-0.4, -0.2) is 22.7 Å². The third kappa shape index (κ3) is 4.35. The molecule has 0 aliphatic heterocycles. The first-order valence-corrected chi connectivity index (χ1v) is 10.1. The second kappa shape index (κ2) is 8.33. The molecule has 0 unspecified atom stereocenters. The number of carboxylic acids is 1. The number of nitrogens with zero attached hydrogens (tertiary/aromatic N) is 2. The van der Waals surface area contributed by atoms with E-state index in [1.165, 1.54) is 11.3 Å². The van der Waals surface area contributed by atoms with Crippen LogP contribution in [0.2, 0.25) is 0 Å². The maximum absolute atomic E-state index is 11.6. The number of hydrogen-bond donors (Lipinski definition) is 1. The maximum atomic E-state index is 11.6.